The molecule has 198 valence electrons. The summed E-state index contributed by atoms with van der Waals surface area (Å²) in [5.41, 5.74) is 0.463. The summed E-state index contributed by atoms with van der Waals surface area (Å²) < 4.78 is 27.6. The zero-order valence-electron chi connectivity index (χ0n) is 21.1. The van der Waals surface area contributed by atoms with E-state index in [1.165, 1.54) is 48.5 Å². The summed E-state index contributed by atoms with van der Waals surface area (Å²) in [5.74, 6) is -1.35. The van der Waals surface area contributed by atoms with E-state index in [0.717, 1.165) is 4.90 Å². The first-order chi connectivity index (χ1) is 17.9. The zero-order valence-corrected chi connectivity index (χ0v) is 21.9. The van der Waals surface area contributed by atoms with Gasteiger partial charge in [0.1, 0.15) is 5.75 Å². The molecule has 10 nitrogen and oxygen atoms in total. The lowest BCUT2D eigenvalue weighted by atomic mass is 9.84. The molecule has 1 fully saturated rings. The van der Waals surface area contributed by atoms with Crippen molar-refractivity contribution < 1.29 is 27.9 Å². The van der Waals surface area contributed by atoms with Gasteiger partial charge in [-0.2, -0.15) is 0 Å². The van der Waals surface area contributed by atoms with Crippen molar-refractivity contribution in [2.24, 2.45) is 0 Å². The summed E-state index contributed by atoms with van der Waals surface area (Å²) >= 11 is 0. The Balaban J connectivity index is 1.60. The molecule has 0 aliphatic carbocycles. The molecule has 38 heavy (non-hydrogen) atoms. The Morgan fingerprint density at radius 2 is 1.61 bits per heavy atom. The highest BCUT2D eigenvalue weighted by atomic mass is 32.2. The summed E-state index contributed by atoms with van der Waals surface area (Å²) in [6.07, 6.45) is 0.110. The number of nitrogens with one attached hydrogen (secondary N) is 3. The monoisotopic (exact) mass is 536 g/mol. The van der Waals surface area contributed by atoms with Crippen LogP contribution < -0.4 is 20.3 Å². The summed E-state index contributed by atoms with van der Waals surface area (Å²) in [6.45, 7) is 5.73. The lowest BCUT2D eigenvalue weighted by Crippen LogP contribution is -2.50. The number of nitrogens with zero attached hydrogens (tertiary/aromatic N) is 1. The molecule has 0 atom stereocenters. The van der Waals surface area contributed by atoms with Gasteiger partial charge in [0, 0.05) is 29.9 Å². The molecule has 1 aliphatic rings. The van der Waals surface area contributed by atoms with E-state index in [4.69, 9.17) is 0 Å². The quantitative estimate of drug-likeness (QED) is 0.372. The Morgan fingerprint density at radius 3 is 2.21 bits per heavy atom. The van der Waals surface area contributed by atoms with Crippen molar-refractivity contribution in [2.45, 2.75) is 37.5 Å². The van der Waals surface area contributed by atoms with Crippen LogP contribution in [0.15, 0.2) is 71.6 Å². The third-order valence-electron chi connectivity index (χ3n) is 5.92. The molecule has 0 unspecified atom stereocenters. The van der Waals surface area contributed by atoms with Crippen LogP contribution in [-0.4, -0.2) is 37.9 Å². The van der Waals surface area contributed by atoms with Gasteiger partial charge in [-0.25, -0.2) is 18.1 Å². The van der Waals surface area contributed by atoms with Crippen LogP contribution in [0.5, 0.6) is 5.75 Å². The van der Waals surface area contributed by atoms with Crippen LogP contribution in [0.25, 0.3) is 0 Å². The maximum absolute atomic E-state index is 13.2. The van der Waals surface area contributed by atoms with Gasteiger partial charge in [0.15, 0.2) is 0 Å². The smallest absolute Gasteiger partial charge is 0.328 e. The molecule has 1 saturated heterocycles. The number of hydrogen-bond acceptors (Lipinski definition) is 6. The first-order valence-electron chi connectivity index (χ1n) is 11.8. The molecule has 0 spiro atoms. The molecule has 0 radical (unpaired) electrons. The van der Waals surface area contributed by atoms with Crippen molar-refractivity contribution in [2.75, 3.05) is 21.5 Å². The third kappa shape index (κ3) is 5.62. The number of urea groups is 1. The summed E-state index contributed by atoms with van der Waals surface area (Å²) in [6, 6.07) is 16.1. The van der Waals surface area contributed by atoms with Crippen LogP contribution in [0.3, 0.4) is 0 Å². The Kier molecular flexibility index (Phi) is 7.14. The normalized spacial score (nSPS) is 14.1. The highest BCUT2D eigenvalue weighted by Gasteiger charge is 2.31. The number of phenolic OH excluding ortho intramolecular Hbond substituents is 1. The van der Waals surface area contributed by atoms with Crippen molar-refractivity contribution >= 4 is 44.9 Å². The van der Waals surface area contributed by atoms with Crippen LogP contribution in [0, 0.1) is 0 Å². The van der Waals surface area contributed by atoms with Gasteiger partial charge >= 0.3 is 6.03 Å². The topological polar surface area (TPSA) is 145 Å². The molecular weight excluding hydrogens is 508 g/mol. The SMILES string of the molecule is CC(C)(C)c1cc(N2C(=O)CCNC2=O)cc(C(=O)Nc2ccc(NS(=O)(=O)c3ccccc3)cc2)c1O. The van der Waals surface area contributed by atoms with Gasteiger partial charge < -0.3 is 15.7 Å². The molecule has 4 rings (SSSR count). The van der Waals surface area contributed by atoms with Crippen molar-refractivity contribution in [1.29, 1.82) is 0 Å². The predicted octanol–water partition coefficient (Wildman–Crippen LogP) is 4.19. The first-order valence-corrected chi connectivity index (χ1v) is 13.3. The number of carbonyl (C=O) groups is 3. The van der Waals surface area contributed by atoms with Gasteiger partial charge in [-0.15, -0.1) is 0 Å². The van der Waals surface area contributed by atoms with Gasteiger partial charge in [-0.3, -0.25) is 14.3 Å². The fraction of sp³-hybridized carbons (Fsp3) is 0.222. The average molecular weight is 537 g/mol. The molecule has 0 aromatic heterocycles. The Hall–Kier alpha value is -4.38. The van der Waals surface area contributed by atoms with E-state index in [9.17, 15) is 27.9 Å². The van der Waals surface area contributed by atoms with E-state index in [1.807, 2.05) is 20.8 Å². The van der Waals surface area contributed by atoms with Crippen LogP contribution in [-0.2, 0) is 20.2 Å². The summed E-state index contributed by atoms with van der Waals surface area (Å²) in [7, 11) is -3.78. The van der Waals surface area contributed by atoms with Gasteiger partial charge in [-0.1, -0.05) is 39.0 Å². The van der Waals surface area contributed by atoms with E-state index >= 15 is 0 Å². The fourth-order valence-electron chi connectivity index (χ4n) is 3.97. The standard InChI is InChI=1S/C27H28N4O6S/c1-27(2,3)22-16-19(31-23(32)13-14-28-26(31)35)15-21(24(22)33)25(34)29-17-9-11-18(12-10-17)30-38(36,37)20-7-5-4-6-8-20/h4-12,15-16,30,33H,13-14H2,1-3H3,(H,28,35)(H,29,34). The molecule has 1 aliphatic heterocycles. The van der Waals surface area contributed by atoms with Crippen molar-refractivity contribution in [3.8, 4) is 5.75 Å². The van der Waals surface area contributed by atoms with Crippen LogP contribution >= 0.6 is 0 Å². The van der Waals surface area contributed by atoms with Gasteiger partial charge in [0.25, 0.3) is 15.9 Å². The molecule has 11 heteroatoms. The number of aromatic hydroxyl groups is 1. The Bertz CT molecular complexity index is 1480. The number of imide groups is 1. The Labute approximate surface area is 220 Å². The largest absolute Gasteiger partial charge is 0.507 e. The molecule has 0 saturated carbocycles. The number of amides is 4. The minimum Gasteiger partial charge on any atom is -0.507 e. The highest BCUT2D eigenvalue weighted by molar-refractivity contribution is 7.92. The number of benzene rings is 3. The number of rotatable bonds is 6. The number of sulfonamides is 1. The second kappa shape index (κ2) is 10.2. The number of hydrogen-bond donors (Lipinski definition) is 4. The van der Waals surface area contributed by atoms with Crippen LogP contribution in [0.2, 0.25) is 0 Å². The number of phenols is 1. The number of anilines is 3. The number of carbonyl (C=O) groups excluding carboxylic acids is 3. The molecule has 3 aromatic carbocycles. The lowest BCUT2D eigenvalue weighted by molar-refractivity contribution is -0.118. The highest BCUT2D eigenvalue weighted by Crippen LogP contribution is 2.38. The molecule has 4 N–H and O–H groups in total. The minimum absolute atomic E-state index is 0.110. The minimum atomic E-state index is -3.78. The molecule has 4 amide bonds. The van der Waals surface area contributed by atoms with E-state index in [2.05, 4.69) is 15.4 Å². The van der Waals surface area contributed by atoms with Gasteiger partial charge in [-0.05, 0) is 53.9 Å². The van der Waals surface area contributed by atoms with Gasteiger partial charge in [0.05, 0.1) is 16.1 Å². The van der Waals surface area contributed by atoms with Crippen molar-refractivity contribution in [3.63, 3.8) is 0 Å². The van der Waals surface area contributed by atoms with E-state index in [1.54, 1.807) is 18.2 Å². The zero-order chi connectivity index (χ0) is 27.7. The van der Waals surface area contributed by atoms with Crippen molar-refractivity contribution in [1.82, 2.24) is 5.32 Å². The van der Waals surface area contributed by atoms with Crippen molar-refractivity contribution in [3.05, 3.63) is 77.9 Å². The van der Waals surface area contributed by atoms with E-state index in [0.29, 0.717) is 16.9 Å². The van der Waals surface area contributed by atoms with Crippen LogP contribution in [0.4, 0.5) is 21.9 Å². The summed E-state index contributed by atoms with van der Waals surface area (Å²) in [5, 5.41) is 16.2. The second-order valence-electron chi connectivity index (χ2n) is 9.80. The fourth-order valence-corrected chi connectivity index (χ4v) is 5.05. The first kappa shape index (κ1) is 26.7. The lowest BCUT2D eigenvalue weighted by Gasteiger charge is -2.29. The van der Waals surface area contributed by atoms with E-state index < -0.39 is 33.3 Å². The third-order valence-corrected chi connectivity index (χ3v) is 7.32. The average Bonchev–Trinajstić information content (AvgIpc) is 2.85. The molecule has 0 bridgehead atoms. The maximum Gasteiger partial charge on any atom is 0.328 e. The maximum atomic E-state index is 13.2. The van der Waals surface area contributed by atoms with Gasteiger partial charge in [0.2, 0.25) is 5.91 Å². The summed E-state index contributed by atoms with van der Waals surface area (Å²) in [4.78, 5) is 39.2. The molecular formula is C27H28N4O6S. The Morgan fingerprint density at radius 1 is 0.974 bits per heavy atom. The van der Waals surface area contributed by atoms with Crippen LogP contribution in [0.1, 0.15) is 43.1 Å². The second-order valence-corrected chi connectivity index (χ2v) is 11.5. The predicted molar refractivity (Wildman–Crippen MR) is 144 cm³/mol. The van der Waals surface area contributed by atoms with E-state index in [-0.39, 0.29) is 34.9 Å². The molecule has 3 aromatic rings. The molecule has 1 heterocycles.